The molecule has 0 aliphatic rings. The Labute approximate surface area is 181 Å². The molecular weight excluding hydrogens is 435 g/mol. The number of hydrazone groups is 1. The third-order valence-electron chi connectivity index (χ3n) is 3.71. The molecule has 0 fully saturated rings. The van der Waals surface area contributed by atoms with Crippen molar-refractivity contribution in [3.63, 3.8) is 0 Å². The van der Waals surface area contributed by atoms with Crippen molar-refractivity contribution in [1.82, 2.24) is 5.43 Å². The molecule has 0 spiro atoms. The minimum atomic E-state index is -0.595. The summed E-state index contributed by atoms with van der Waals surface area (Å²) in [5.41, 5.74) is 3.72. The Kier molecular flexibility index (Phi) is 6.88. The Morgan fingerprint density at radius 1 is 0.897 bits per heavy atom. The lowest BCUT2D eigenvalue weighted by Gasteiger charge is -2.06. The van der Waals surface area contributed by atoms with Gasteiger partial charge in [0.1, 0.15) is 5.75 Å². The number of benzene rings is 3. The second-order valence-electron chi connectivity index (χ2n) is 5.79. The van der Waals surface area contributed by atoms with Gasteiger partial charge in [0.05, 0.1) is 16.8 Å². The zero-order valence-electron chi connectivity index (χ0n) is 14.7. The topological polar surface area (TPSA) is 67.8 Å². The molecule has 0 aliphatic carbocycles. The molecule has 3 rings (SSSR count). The number of rotatable bonds is 5. The molecule has 0 bridgehead atoms. The Balaban J connectivity index is 1.59. The van der Waals surface area contributed by atoms with Crippen LogP contribution in [-0.2, 0) is 0 Å². The minimum absolute atomic E-state index is 0.210. The van der Waals surface area contributed by atoms with Gasteiger partial charge in [-0.2, -0.15) is 5.10 Å². The predicted octanol–water partition coefficient (Wildman–Crippen LogP) is 5.63. The summed E-state index contributed by atoms with van der Waals surface area (Å²) in [6.07, 6.45) is 1.46. The summed E-state index contributed by atoms with van der Waals surface area (Å²) in [6.45, 7) is 0. The summed E-state index contributed by atoms with van der Waals surface area (Å²) in [5, 5.41) is 5.00. The van der Waals surface area contributed by atoms with Gasteiger partial charge in [-0.05, 0) is 66.2 Å². The average molecular weight is 448 g/mol. The summed E-state index contributed by atoms with van der Waals surface area (Å²) in [7, 11) is 0. The van der Waals surface area contributed by atoms with Gasteiger partial charge in [0.25, 0.3) is 5.91 Å². The van der Waals surface area contributed by atoms with Crippen LogP contribution in [0.15, 0.2) is 71.8 Å². The molecule has 3 aromatic carbocycles. The zero-order chi connectivity index (χ0) is 20.8. The first-order chi connectivity index (χ1) is 13.9. The van der Waals surface area contributed by atoms with E-state index >= 15 is 0 Å². The van der Waals surface area contributed by atoms with E-state index in [1.54, 1.807) is 54.6 Å². The number of hydrogen-bond donors (Lipinski definition) is 1. The average Bonchev–Trinajstić information content (AvgIpc) is 2.69. The highest BCUT2D eigenvalue weighted by Gasteiger charge is 2.13. The summed E-state index contributed by atoms with van der Waals surface area (Å²) in [5.74, 6) is -0.642. The molecule has 0 saturated carbocycles. The molecule has 0 aliphatic heterocycles. The number of nitrogens with one attached hydrogen (secondary N) is 1. The van der Waals surface area contributed by atoms with Crippen LogP contribution < -0.4 is 10.2 Å². The molecule has 1 N–H and O–H groups in total. The number of nitrogens with zero attached hydrogens (tertiary/aromatic N) is 1. The van der Waals surface area contributed by atoms with Crippen LogP contribution in [0.25, 0.3) is 0 Å². The molecule has 29 heavy (non-hydrogen) atoms. The first-order valence-corrected chi connectivity index (χ1v) is 9.42. The van der Waals surface area contributed by atoms with Crippen LogP contribution in [0.3, 0.4) is 0 Å². The third-order valence-corrected chi connectivity index (χ3v) is 4.49. The Bertz CT molecular complexity index is 1080. The van der Waals surface area contributed by atoms with E-state index in [9.17, 15) is 9.59 Å². The first kappa shape index (κ1) is 20.9. The van der Waals surface area contributed by atoms with E-state index in [1.807, 2.05) is 0 Å². The molecule has 0 unspecified atom stereocenters. The summed E-state index contributed by atoms with van der Waals surface area (Å²) >= 11 is 17.7. The lowest BCUT2D eigenvalue weighted by molar-refractivity contribution is 0.0734. The van der Waals surface area contributed by atoms with Crippen LogP contribution in [0.1, 0.15) is 26.3 Å². The van der Waals surface area contributed by atoms with Crippen LogP contribution in [0, 0.1) is 0 Å². The molecule has 5 nitrogen and oxygen atoms in total. The van der Waals surface area contributed by atoms with Crippen molar-refractivity contribution in [3.8, 4) is 5.75 Å². The SMILES string of the molecule is O=C(N/N=C\c1ccc(OC(=O)c2ccc(Cl)cc2Cl)cc1)c1cccc(Cl)c1. The quantitative estimate of drug-likeness (QED) is 0.238. The highest BCUT2D eigenvalue weighted by Crippen LogP contribution is 2.23. The lowest BCUT2D eigenvalue weighted by Crippen LogP contribution is -2.17. The Morgan fingerprint density at radius 3 is 2.31 bits per heavy atom. The van der Waals surface area contributed by atoms with Gasteiger partial charge in [-0.25, -0.2) is 10.2 Å². The molecular formula is C21H13Cl3N2O3. The normalized spacial score (nSPS) is 10.7. The fourth-order valence-electron chi connectivity index (χ4n) is 2.30. The largest absolute Gasteiger partial charge is 0.423 e. The fourth-order valence-corrected chi connectivity index (χ4v) is 2.97. The van der Waals surface area contributed by atoms with E-state index in [0.717, 1.165) is 0 Å². The standard InChI is InChI=1S/C21H13Cl3N2O3/c22-15-3-1-2-14(10-15)20(27)26-25-12-13-4-7-17(8-5-13)29-21(28)18-9-6-16(23)11-19(18)24/h1-12H,(H,26,27)/b25-12-. The number of esters is 1. The third kappa shape index (κ3) is 5.81. The van der Waals surface area contributed by atoms with Crippen molar-refractivity contribution < 1.29 is 14.3 Å². The number of carbonyl (C=O) groups is 2. The van der Waals surface area contributed by atoms with Crippen molar-refractivity contribution in [3.05, 3.63) is 98.5 Å². The molecule has 0 aromatic heterocycles. The van der Waals surface area contributed by atoms with E-state index in [2.05, 4.69) is 10.5 Å². The van der Waals surface area contributed by atoms with Gasteiger partial charge < -0.3 is 4.74 Å². The fraction of sp³-hybridized carbons (Fsp3) is 0. The lowest BCUT2D eigenvalue weighted by atomic mass is 10.2. The van der Waals surface area contributed by atoms with Crippen LogP contribution in [0.4, 0.5) is 0 Å². The molecule has 3 aromatic rings. The van der Waals surface area contributed by atoms with Crippen molar-refractivity contribution >= 4 is 52.9 Å². The second kappa shape index (κ2) is 9.56. The van der Waals surface area contributed by atoms with Crippen molar-refractivity contribution in [1.29, 1.82) is 0 Å². The van der Waals surface area contributed by atoms with E-state index in [-0.39, 0.29) is 16.5 Å². The second-order valence-corrected chi connectivity index (χ2v) is 7.07. The zero-order valence-corrected chi connectivity index (χ0v) is 17.0. The van der Waals surface area contributed by atoms with E-state index in [4.69, 9.17) is 39.5 Å². The first-order valence-electron chi connectivity index (χ1n) is 8.28. The minimum Gasteiger partial charge on any atom is -0.423 e. The van der Waals surface area contributed by atoms with Gasteiger partial charge in [0.2, 0.25) is 0 Å². The van der Waals surface area contributed by atoms with Crippen molar-refractivity contribution in [2.75, 3.05) is 0 Å². The summed E-state index contributed by atoms with van der Waals surface area (Å²) in [4.78, 5) is 24.2. The monoisotopic (exact) mass is 446 g/mol. The van der Waals surface area contributed by atoms with Crippen molar-refractivity contribution in [2.45, 2.75) is 0 Å². The highest BCUT2D eigenvalue weighted by atomic mass is 35.5. The number of amides is 1. The van der Waals surface area contributed by atoms with Crippen LogP contribution in [0.2, 0.25) is 15.1 Å². The number of hydrogen-bond acceptors (Lipinski definition) is 4. The Hall–Kier alpha value is -2.86. The molecule has 0 saturated heterocycles. The number of ether oxygens (including phenoxy) is 1. The smallest absolute Gasteiger partial charge is 0.345 e. The van der Waals surface area contributed by atoms with E-state index < -0.39 is 5.97 Å². The van der Waals surface area contributed by atoms with Gasteiger partial charge in [-0.3, -0.25) is 4.79 Å². The molecule has 0 heterocycles. The maximum absolute atomic E-state index is 12.2. The van der Waals surface area contributed by atoms with Crippen LogP contribution >= 0.6 is 34.8 Å². The maximum atomic E-state index is 12.2. The van der Waals surface area contributed by atoms with Gasteiger partial charge in [0.15, 0.2) is 0 Å². The molecule has 0 atom stereocenters. The molecule has 8 heteroatoms. The number of halogens is 3. The van der Waals surface area contributed by atoms with E-state index in [1.165, 1.54) is 18.3 Å². The summed E-state index contributed by atoms with van der Waals surface area (Å²) < 4.78 is 5.29. The van der Waals surface area contributed by atoms with E-state index in [0.29, 0.717) is 26.9 Å². The number of carbonyl (C=O) groups excluding carboxylic acids is 2. The molecule has 146 valence electrons. The van der Waals surface area contributed by atoms with Gasteiger partial charge in [-0.1, -0.05) is 40.9 Å². The highest BCUT2D eigenvalue weighted by molar-refractivity contribution is 6.36. The van der Waals surface area contributed by atoms with Crippen LogP contribution in [-0.4, -0.2) is 18.1 Å². The summed E-state index contributed by atoms with van der Waals surface area (Å²) in [6, 6.07) is 17.6. The Morgan fingerprint density at radius 2 is 1.62 bits per heavy atom. The molecule has 0 radical (unpaired) electrons. The maximum Gasteiger partial charge on any atom is 0.345 e. The van der Waals surface area contributed by atoms with Gasteiger partial charge in [0, 0.05) is 15.6 Å². The molecule has 1 amide bonds. The predicted molar refractivity (Wildman–Crippen MR) is 114 cm³/mol. The van der Waals surface area contributed by atoms with Crippen LogP contribution in [0.5, 0.6) is 5.75 Å². The van der Waals surface area contributed by atoms with Crippen molar-refractivity contribution in [2.24, 2.45) is 5.10 Å². The van der Waals surface area contributed by atoms with Gasteiger partial charge >= 0.3 is 5.97 Å². The van der Waals surface area contributed by atoms with Gasteiger partial charge in [-0.15, -0.1) is 0 Å².